The molecule has 0 heterocycles. The number of ether oxygens (including phenoxy) is 4. The van der Waals surface area contributed by atoms with Crippen LogP contribution in [0.25, 0.3) is 11.1 Å². The molecule has 3 aromatic carbocycles. The van der Waals surface area contributed by atoms with E-state index >= 15 is 8.78 Å². The number of allylic oxidation sites excluding steroid dienone is 2. The molecule has 0 unspecified atom stereocenters. The Morgan fingerprint density at radius 1 is 0.520 bits per heavy atom. The van der Waals surface area contributed by atoms with Gasteiger partial charge in [0.25, 0.3) is 0 Å². The lowest BCUT2D eigenvalue weighted by Gasteiger charge is -2.20. The zero-order chi connectivity index (χ0) is 37.4. The molecule has 0 atom stereocenters. The number of esters is 4. The number of carbonyl (C=O) groups excluding carboxylic acids is 4. The molecule has 8 nitrogen and oxygen atoms in total. The zero-order valence-electron chi connectivity index (χ0n) is 28.5. The summed E-state index contributed by atoms with van der Waals surface area (Å²) in [6.07, 6.45) is 0. The molecule has 10 heteroatoms. The molecule has 0 amide bonds. The van der Waals surface area contributed by atoms with Crippen molar-refractivity contribution >= 4 is 35.0 Å². The fourth-order valence-corrected chi connectivity index (χ4v) is 3.95. The third-order valence-electron chi connectivity index (χ3n) is 6.91. The molecular weight excluding hydrogens is 646 g/mol. The Kier molecular flexibility index (Phi) is 12.3. The number of benzene rings is 3. The largest absolute Gasteiger partial charge is 0.423 e. The summed E-state index contributed by atoms with van der Waals surface area (Å²) in [6.45, 7) is 22.9. The van der Waals surface area contributed by atoms with Crippen molar-refractivity contribution in [3.05, 3.63) is 131 Å². The fourth-order valence-electron chi connectivity index (χ4n) is 3.95. The number of hydrogen-bond donors (Lipinski definition) is 0. The van der Waals surface area contributed by atoms with Gasteiger partial charge in [-0.25, -0.2) is 28.0 Å². The van der Waals surface area contributed by atoms with E-state index in [1.807, 2.05) is 0 Å². The van der Waals surface area contributed by atoms with Gasteiger partial charge in [-0.05, 0) is 94.7 Å². The molecule has 0 saturated carbocycles. The highest BCUT2D eigenvalue weighted by Crippen LogP contribution is 2.44. The first-order valence-electron chi connectivity index (χ1n) is 14.9. The molecule has 0 saturated heterocycles. The molecule has 50 heavy (non-hydrogen) atoms. The van der Waals surface area contributed by atoms with E-state index in [0.29, 0.717) is 11.1 Å². The van der Waals surface area contributed by atoms with Crippen LogP contribution in [0.4, 0.5) is 8.78 Å². The maximum atomic E-state index is 16.4. The number of rotatable bonds is 10. The molecular formula is C40H34F2O8. The molecule has 0 spiro atoms. The van der Waals surface area contributed by atoms with Crippen molar-refractivity contribution in [3.63, 3.8) is 0 Å². The first-order valence-corrected chi connectivity index (χ1v) is 14.9. The van der Waals surface area contributed by atoms with Crippen molar-refractivity contribution in [1.29, 1.82) is 0 Å². The summed E-state index contributed by atoms with van der Waals surface area (Å²) in [5.74, 6) is -2.13. The SMILES string of the molecule is C=C(C)C(=O)Oc1ccc(C#Cc2c(F)c(OC(=O)C(=C)C)c(C(C)=C(C)c3ccc(OC(=O)C(=C)C)cc3)c(OC(=O)C(=C)C)c2F)cc1. The third-order valence-corrected chi connectivity index (χ3v) is 6.91. The van der Waals surface area contributed by atoms with Gasteiger partial charge in [-0.1, -0.05) is 50.3 Å². The topological polar surface area (TPSA) is 105 Å². The summed E-state index contributed by atoms with van der Waals surface area (Å²) in [7, 11) is 0. The average Bonchev–Trinajstić information content (AvgIpc) is 3.06. The molecule has 256 valence electrons. The lowest BCUT2D eigenvalue weighted by molar-refractivity contribution is -0.131. The second-order valence-electron chi connectivity index (χ2n) is 11.3. The van der Waals surface area contributed by atoms with Crippen LogP contribution in [0.2, 0.25) is 0 Å². The minimum atomic E-state index is -1.35. The van der Waals surface area contributed by atoms with Crippen LogP contribution in [0, 0.1) is 23.5 Å². The molecule has 0 aliphatic rings. The summed E-state index contributed by atoms with van der Waals surface area (Å²) < 4.78 is 54.0. The average molecular weight is 681 g/mol. The van der Waals surface area contributed by atoms with Crippen molar-refractivity contribution in [2.24, 2.45) is 0 Å². The van der Waals surface area contributed by atoms with Crippen molar-refractivity contribution in [2.45, 2.75) is 41.5 Å². The van der Waals surface area contributed by atoms with E-state index in [1.165, 1.54) is 71.0 Å². The Morgan fingerprint density at radius 2 is 0.880 bits per heavy atom. The van der Waals surface area contributed by atoms with Crippen LogP contribution in [-0.2, 0) is 19.2 Å². The summed E-state index contributed by atoms with van der Waals surface area (Å²) in [5, 5.41) is 0. The lowest BCUT2D eigenvalue weighted by atomic mass is 9.93. The molecule has 0 radical (unpaired) electrons. The second kappa shape index (κ2) is 16.2. The van der Waals surface area contributed by atoms with Crippen LogP contribution in [0.3, 0.4) is 0 Å². The van der Waals surface area contributed by atoms with Gasteiger partial charge in [-0.15, -0.1) is 0 Å². The lowest BCUT2D eigenvalue weighted by Crippen LogP contribution is -2.16. The van der Waals surface area contributed by atoms with E-state index in [4.69, 9.17) is 18.9 Å². The van der Waals surface area contributed by atoms with Crippen molar-refractivity contribution in [2.75, 3.05) is 0 Å². The third kappa shape index (κ3) is 9.17. The monoisotopic (exact) mass is 680 g/mol. The minimum Gasteiger partial charge on any atom is -0.423 e. The number of halogens is 2. The summed E-state index contributed by atoms with van der Waals surface area (Å²) in [4.78, 5) is 49.3. The van der Waals surface area contributed by atoms with Gasteiger partial charge in [0.05, 0.1) is 5.56 Å². The summed E-state index contributed by atoms with van der Waals surface area (Å²) >= 11 is 0. The normalized spacial score (nSPS) is 10.8. The van der Waals surface area contributed by atoms with Crippen LogP contribution >= 0.6 is 0 Å². The zero-order valence-corrected chi connectivity index (χ0v) is 28.5. The quantitative estimate of drug-likeness (QED) is 0.0694. The Morgan fingerprint density at radius 3 is 1.26 bits per heavy atom. The van der Waals surface area contributed by atoms with Gasteiger partial charge < -0.3 is 18.9 Å². The molecule has 0 bridgehead atoms. The second-order valence-corrected chi connectivity index (χ2v) is 11.3. The predicted octanol–water partition coefficient (Wildman–Crippen LogP) is 8.24. The molecule has 0 aromatic heterocycles. The molecule has 3 rings (SSSR count). The van der Waals surface area contributed by atoms with Gasteiger partial charge in [0, 0.05) is 27.9 Å². The first kappa shape index (κ1) is 38.1. The summed E-state index contributed by atoms with van der Waals surface area (Å²) in [5.41, 5.74) is 0.319. The highest BCUT2D eigenvalue weighted by molar-refractivity contribution is 5.97. The van der Waals surface area contributed by atoms with Gasteiger partial charge >= 0.3 is 23.9 Å². The van der Waals surface area contributed by atoms with Crippen molar-refractivity contribution < 1.29 is 46.9 Å². The van der Waals surface area contributed by atoms with Gasteiger partial charge in [0.1, 0.15) is 17.1 Å². The standard InChI is InChI=1S/C40H34F2O8/c1-21(2)37(43)47-29-16-11-27(12-17-29)13-20-31-33(41)35(49-39(45)23(5)6)32(36(34(31)42)50-40(46)24(7)8)26(10)25(9)28-14-18-30(19-15-28)48-38(44)22(3)4/h11-12,14-19H,1,3,5,7H2,2,4,6,8-10H3. The number of hydrogen-bond acceptors (Lipinski definition) is 8. The van der Waals surface area contributed by atoms with E-state index in [-0.39, 0.29) is 50.5 Å². The van der Waals surface area contributed by atoms with Gasteiger partial charge in [0.15, 0.2) is 23.1 Å². The van der Waals surface area contributed by atoms with Gasteiger partial charge in [0.2, 0.25) is 0 Å². The van der Waals surface area contributed by atoms with Crippen molar-refractivity contribution in [1.82, 2.24) is 0 Å². The maximum absolute atomic E-state index is 16.4. The van der Waals surface area contributed by atoms with Crippen LogP contribution in [0.15, 0.2) is 97.1 Å². The minimum absolute atomic E-state index is 0.0986. The maximum Gasteiger partial charge on any atom is 0.338 e. The molecule has 0 N–H and O–H groups in total. The fraction of sp³-hybridized carbons (Fsp3) is 0.150. The Hall–Kier alpha value is -6.34. The highest BCUT2D eigenvalue weighted by Gasteiger charge is 2.31. The van der Waals surface area contributed by atoms with Crippen LogP contribution in [0.1, 0.15) is 63.8 Å². The van der Waals surface area contributed by atoms with E-state index in [9.17, 15) is 19.2 Å². The Labute approximate surface area is 289 Å². The van der Waals surface area contributed by atoms with E-state index < -0.39 is 52.6 Å². The first-order chi connectivity index (χ1) is 23.4. The summed E-state index contributed by atoms with van der Waals surface area (Å²) in [6, 6.07) is 11.9. The Balaban J connectivity index is 2.28. The van der Waals surface area contributed by atoms with Crippen LogP contribution in [0.5, 0.6) is 23.0 Å². The van der Waals surface area contributed by atoms with Crippen molar-refractivity contribution in [3.8, 4) is 34.8 Å². The molecule has 0 fully saturated rings. The molecule has 0 aliphatic heterocycles. The Bertz CT molecular complexity index is 2000. The van der Waals surface area contributed by atoms with E-state index in [2.05, 4.69) is 38.2 Å². The number of carbonyl (C=O) groups is 4. The smallest absolute Gasteiger partial charge is 0.338 e. The van der Waals surface area contributed by atoms with E-state index in [1.54, 1.807) is 19.1 Å². The molecule has 3 aromatic rings. The molecule has 0 aliphatic carbocycles. The predicted molar refractivity (Wildman–Crippen MR) is 185 cm³/mol. The van der Waals surface area contributed by atoms with Gasteiger partial charge in [-0.2, -0.15) is 0 Å². The highest BCUT2D eigenvalue weighted by atomic mass is 19.1. The van der Waals surface area contributed by atoms with E-state index in [0.717, 1.165) is 0 Å². The van der Waals surface area contributed by atoms with Gasteiger partial charge in [-0.3, -0.25) is 0 Å². The van der Waals surface area contributed by atoms with Crippen LogP contribution in [-0.4, -0.2) is 23.9 Å². The van der Waals surface area contributed by atoms with Crippen LogP contribution < -0.4 is 18.9 Å².